The minimum atomic E-state index is -0.261. The van der Waals surface area contributed by atoms with Crippen molar-refractivity contribution in [3.05, 3.63) is 0 Å². The highest BCUT2D eigenvalue weighted by molar-refractivity contribution is 8.01. The molecule has 14 heavy (non-hydrogen) atoms. The van der Waals surface area contributed by atoms with E-state index in [1.54, 1.807) is 11.8 Å². The van der Waals surface area contributed by atoms with E-state index in [9.17, 15) is 4.79 Å². The van der Waals surface area contributed by atoms with Crippen LogP contribution in [0.2, 0.25) is 0 Å². The zero-order valence-electron chi connectivity index (χ0n) is 8.51. The Bertz CT molecular complexity index is 245. The maximum absolute atomic E-state index is 11.9. The molecule has 0 bridgehead atoms. The lowest BCUT2D eigenvalue weighted by atomic mass is 10.0. The van der Waals surface area contributed by atoms with E-state index >= 15 is 0 Å². The number of aliphatic hydroxyl groups excluding tert-OH is 1. The number of hydrogen-bond donors (Lipinski definition) is 2. The standard InChI is InChI=1S/C10H17NO2S/c1-9(3-2-6-14-9)8(13)11-10(7-12)4-5-10/h12H,2-7H2,1H3,(H,11,13). The first-order valence-electron chi connectivity index (χ1n) is 5.18. The lowest BCUT2D eigenvalue weighted by Gasteiger charge is -2.25. The third-order valence-electron chi connectivity index (χ3n) is 3.23. The van der Waals surface area contributed by atoms with Gasteiger partial charge in [0.25, 0.3) is 0 Å². The zero-order valence-corrected chi connectivity index (χ0v) is 9.32. The van der Waals surface area contributed by atoms with E-state index in [0.29, 0.717) is 0 Å². The summed E-state index contributed by atoms with van der Waals surface area (Å²) in [5, 5.41) is 12.1. The molecule has 2 aliphatic rings. The lowest BCUT2D eigenvalue weighted by molar-refractivity contribution is -0.124. The van der Waals surface area contributed by atoms with Crippen LogP contribution < -0.4 is 5.32 Å². The number of thioether (sulfide) groups is 1. The van der Waals surface area contributed by atoms with Gasteiger partial charge >= 0.3 is 0 Å². The van der Waals surface area contributed by atoms with Crippen LogP contribution in [0.15, 0.2) is 0 Å². The second-order valence-corrected chi connectivity index (χ2v) is 6.17. The van der Waals surface area contributed by atoms with Crippen molar-refractivity contribution in [2.45, 2.75) is 42.9 Å². The molecule has 2 rings (SSSR count). The quantitative estimate of drug-likeness (QED) is 0.736. The van der Waals surface area contributed by atoms with Gasteiger partial charge in [0.05, 0.1) is 16.9 Å². The SMILES string of the molecule is CC1(C(=O)NC2(CO)CC2)CCCS1. The second kappa shape index (κ2) is 3.42. The number of aliphatic hydroxyl groups is 1. The second-order valence-electron chi connectivity index (χ2n) is 4.58. The summed E-state index contributed by atoms with van der Waals surface area (Å²) in [6, 6.07) is 0. The van der Waals surface area contributed by atoms with Gasteiger partial charge in [-0.15, -0.1) is 11.8 Å². The summed E-state index contributed by atoms with van der Waals surface area (Å²) in [4.78, 5) is 11.9. The molecule has 1 saturated carbocycles. The molecule has 4 heteroatoms. The van der Waals surface area contributed by atoms with Crippen LogP contribution in [0.4, 0.5) is 0 Å². The third kappa shape index (κ3) is 1.77. The third-order valence-corrected chi connectivity index (χ3v) is 4.75. The Morgan fingerprint density at radius 3 is 2.64 bits per heavy atom. The van der Waals surface area contributed by atoms with Gasteiger partial charge in [-0.3, -0.25) is 4.79 Å². The molecule has 1 atom stereocenters. The van der Waals surface area contributed by atoms with Crippen molar-refractivity contribution < 1.29 is 9.90 Å². The van der Waals surface area contributed by atoms with Crippen molar-refractivity contribution in [1.29, 1.82) is 0 Å². The predicted molar refractivity (Wildman–Crippen MR) is 57.3 cm³/mol. The van der Waals surface area contributed by atoms with Crippen molar-refractivity contribution in [2.75, 3.05) is 12.4 Å². The minimum absolute atomic E-state index is 0.0828. The van der Waals surface area contributed by atoms with E-state index in [2.05, 4.69) is 5.32 Å². The molecule has 80 valence electrons. The van der Waals surface area contributed by atoms with Crippen LogP contribution in [-0.4, -0.2) is 33.7 Å². The van der Waals surface area contributed by atoms with Crippen LogP contribution in [0, 0.1) is 0 Å². The fraction of sp³-hybridized carbons (Fsp3) is 0.900. The highest BCUT2D eigenvalue weighted by Gasteiger charge is 2.47. The summed E-state index contributed by atoms with van der Waals surface area (Å²) in [5.41, 5.74) is -0.261. The Labute approximate surface area is 88.6 Å². The summed E-state index contributed by atoms with van der Waals surface area (Å²) in [6.45, 7) is 2.09. The number of nitrogens with one attached hydrogen (secondary N) is 1. The summed E-state index contributed by atoms with van der Waals surface area (Å²) in [6.07, 6.45) is 3.94. The van der Waals surface area contributed by atoms with Gasteiger partial charge in [-0.2, -0.15) is 0 Å². The largest absolute Gasteiger partial charge is 0.394 e. The van der Waals surface area contributed by atoms with Crippen LogP contribution in [-0.2, 0) is 4.79 Å². The molecule has 0 radical (unpaired) electrons. The normalized spacial score (nSPS) is 34.1. The molecule has 1 aliphatic carbocycles. The van der Waals surface area contributed by atoms with E-state index in [-0.39, 0.29) is 22.8 Å². The molecule has 2 N–H and O–H groups in total. The highest BCUT2D eigenvalue weighted by Crippen LogP contribution is 2.41. The smallest absolute Gasteiger partial charge is 0.236 e. The molecule has 0 spiro atoms. The lowest BCUT2D eigenvalue weighted by Crippen LogP contribution is -2.48. The van der Waals surface area contributed by atoms with Crippen molar-refractivity contribution >= 4 is 17.7 Å². The van der Waals surface area contributed by atoms with Crippen LogP contribution in [0.25, 0.3) is 0 Å². The molecular formula is C10H17NO2S. The van der Waals surface area contributed by atoms with E-state index in [1.807, 2.05) is 6.92 Å². The van der Waals surface area contributed by atoms with Gasteiger partial charge in [0.1, 0.15) is 0 Å². The Morgan fingerprint density at radius 2 is 2.21 bits per heavy atom. The summed E-state index contributed by atoms with van der Waals surface area (Å²) in [7, 11) is 0. The maximum atomic E-state index is 11.9. The fourth-order valence-electron chi connectivity index (χ4n) is 1.80. The molecule has 1 heterocycles. The highest BCUT2D eigenvalue weighted by atomic mass is 32.2. The molecule has 0 aromatic rings. The van der Waals surface area contributed by atoms with Gasteiger partial charge in [0.2, 0.25) is 5.91 Å². The fourth-order valence-corrected chi connectivity index (χ4v) is 3.01. The average Bonchev–Trinajstić information content (AvgIpc) is 2.80. The minimum Gasteiger partial charge on any atom is -0.394 e. The van der Waals surface area contributed by atoms with Gasteiger partial charge in [-0.05, 0) is 38.4 Å². The Balaban J connectivity index is 1.95. The van der Waals surface area contributed by atoms with Gasteiger partial charge in [0.15, 0.2) is 0 Å². The summed E-state index contributed by atoms with van der Waals surface area (Å²) < 4.78 is -0.245. The van der Waals surface area contributed by atoms with Gasteiger partial charge in [-0.1, -0.05) is 0 Å². The van der Waals surface area contributed by atoms with Gasteiger partial charge in [-0.25, -0.2) is 0 Å². The van der Waals surface area contributed by atoms with Crippen molar-refractivity contribution in [1.82, 2.24) is 5.32 Å². The number of carbonyl (C=O) groups is 1. The number of amides is 1. The first-order chi connectivity index (χ1) is 6.60. The average molecular weight is 215 g/mol. The molecule has 1 amide bonds. The zero-order chi connectivity index (χ0) is 10.2. The van der Waals surface area contributed by atoms with E-state index in [0.717, 1.165) is 31.4 Å². The first-order valence-corrected chi connectivity index (χ1v) is 6.16. The van der Waals surface area contributed by atoms with Crippen molar-refractivity contribution in [3.63, 3.8) is 0 Å². The molecule has 1 unspecified atom stereocenters. The summed E-state index contributed by atoms with van der Waals surface area (Å²) in [5.74, 6) is 1.20. The molecule has 2 fully saturated rings. The van der Waals surface area contributed by atoms with Gasteiger partial charge in [0, 0.05) is 0 Å². The Hall–Kier alpha value is -0.220. The van der Waals surface area contributed by atoms with E-state index < -0.39 is 0 Å². The monoisotopic (exact) mass is 215 g/mol. The topological polar surface area (TPSA) is 49.3 Å². The molecule has 0 aromatic carbocycles. The van der Waals surface area contributed by atoms with Crippen LogP contribution in [0.5, 0.6) is 0 Å². The number of hydrogen-bond acceptors (Lipinski definition) is 3. The summed E-state index contributed by atoms with van der Waals surface area (Å²) >= 11 is 1.74. The molecule has 3 nitrogen and oxygen atoms in total. The van der Waals surface area contributed by atoms with E-state index in [1.165, 1.54) is 0 Å². The maximum Gasteiger partial charge on any atom is 0.236 e. The van der Waals surface area contributed by atoms with Crippen molar-refractivity contribution in [2.24, 2.45) is 0 Å². The Kier molecular flexibility index (Phi) is 2.52. The molecular weight excluding hydrogens is 198 g/mol. The van der Waals surface area contributed by atoms with Crippen LogP contribution in [0.1, 0.15) is 32.6 Å². The van der Waals surface area contributed by atoms with Gasteiger partial charge < -0.3 is 10.4 Å². The predicted octanol–water partition coefficient (Wildman–Crippen LogP) is 0.913. The van der Waals surface area contributed by atoms with Crippen LogP contribution in [0.3, 0.4) is 0 Å². The van der Waals surface area contributed by atoms with Crippen molar-refractivity contribution in [3.8, 4) is 0 Å². The first kappa shape index (κ1) is 10.3. The number of rotatable bonds is 3. The molecule has 1 aliphatic heterocycles. The number of carbonyl (C=O) groups excluding carboxylic acids is 1. The van der Waals surface area contributed by atoms with E-state index in [4.69, 9.17) is 5.11 Å². The molecule has 1 saturated heterocycles. The Morgan fingerprint density at radius 1 is 1.50 bits per heavy atom. The van der Waals surface area contributed by atoms with Crippen LogP contribution >= 0.6 is 11.8 Å². The molecule has 0 aromatic heterocycles.